The van der Waals surface area contributed by atoms with Crippen molar-refractivity contribution in [2.24, 2.45) is 0 Å². The van der Waals surface area contributed by atoms with Gasteiger partial charge in [-0.05, 0) is 30.7 Å². The van der Waals surface area contributed by atoms with Crippen molar-refractivity contribution in [2.45, 2.75) is 6.42 Å². The molecule has 1 aliphatic rings. The minimum Gasteiger partial charge on any atom is -0.506 e. The van der Waals surface area contributed by atoms with Crippen LogP contribution in [0.2, 0.25) is 0 Å². The molecule has 0 spiro atoms. The lowest BCUT2D eigenvalue weighted by Gasteiger charge is -2.18. The maximum atomic E-state index is 12.0. The van der Waals surface area contributed by atoms with Crippen LogP contribution in [0.5, 0.6) is 5.75 Å². The van der Waals surface area contributed by atoms with Crippen molar-refractivity contribution < 1.29 is 27.5 Å². The molecule has 0 unspecified atom stereocenters. The SMILES string of the molecule is O=C(CNC(=O)c1ccoc1)Nc1cc(N2CCCS2(=O)=O)ccc1O. The number of aromatic hydroxyl groups is 1. The number of anilines is 2. The molecular weight excluding hydrogens is 362 g/mol. The Balaban J connectivity index is 1.66. The van der Waals surface area contributed by atoms with Gasteiger partial charge < -0.3 is 20.2 Å². The van der Waals surface area contributed by atoms with Gasteiger partial charge in [0.15, 0.2) is 0 Å². The number of rotatable bonds is 5. The summed E-state index contributed by atoms with van der Waals surface area (Å²) in [5.41, 5.74) is 0.701. The first-order valence-corrected chi connectivity index (χ1v) is 9.41. The number of sulfonamides is 1. The van der Waals surface area contributed by atoms with Crippen LogP contribution >= 0.6 is 0 Å². The number of benzene rings is 1. The Morgan fingerprint density at radius 1 is 1.27 bits per heavy atom. The minimum absolute atomic E-state index is 0.0622. The van der Waals surface area contributed by atoms with Crippen LogP contribution in [0.1, 0.15) is 16.8 Å². The summed E-state index contributed by atoms with van der Waals surface area (Å²) >= 11 is 0. The van der Waals surface area contributed by atoms with Crippen molar-refractivity contribution in [2.75, 3.05) is 28.5 Å². The lowest BCUT2D eigenvalue weighted by molar-refractivity contribution is -0.115. The van der Waals surface area contributed by atoms with E-state index < -0.39 is 21.8 Å². The Hall–Kier alpha value is -3.01. The van der Waals surface area contributed by atoms with Gasteiger partial charge in [0.2, 0.25) is 15.9 Å². The Morgan fingerprint density at radius 3 is 2.73 bits per heavy atom. The van der Waals surface area contributed by atoms with Gasteiger partial charge in [-0.15, -0.1) is 0 Å². The molecule has 1 aromatic heterocycles. The van der Waals surface area contributed by atoms with Gasteiger partial charge in [-0.3, -0.25) is 13.9 Å². The Bertz CT molecular complexity index is 923. The minimum atomic E-state index is -3.37. The van der Waals surface area contributed by atoms with E-state index in [9.17, 15) is 23.1 Å². The van der Waals surface area contributed by atoms with E-state index in [0.29, 0.717) is 18.7 Å². The largest absolute Gasteiger partial charge is 0.506 e. The summed E-state index contributed by atoms with van der Waals surface area (Å²) in [5, 5.41) is 14.8. The molecule has 0 saturated carbocycles. The van der Waals surface area contributed by atoms with E-state index in [1.165, 1.54) is 41.1 Å². The third-order valence-electron chi connectivity index (χ3n) is 3.83. The van der Waals surface area contributed by atoms with Gasteiger partial charge in [0.1, 0.15) is 12.0 Å². The predicted octanol–water partition coefficient (Wildman–Crippen LogP) is 0.894. The zero-order valence-corrected chi connectivity index (χ0v) is 14.5. The van der Waals surface area contributed by atoms with E-state index in [1.807, 2.05) is 0 Å². The fourth-order valence-corrected chi connectivity index (χ4v) is 4.12. The van der Waals surface area contributed by atoms with Crippen molar-refractivity contribution in [1.29, 1.82) is 0 Å². The molecular formula is C16H17N3O6S. The summed E-state index contributed by atoms with van der Waals surface area (Å²) in [5.74, 6) is -1.19. The fourth-order valence-electron chi connectivity index (χ4n) is 2.56. The number of phenols is 1. The van der Waals surface area contributed by atoms with Gasteiger partial charge in [-0.1, -0.05) is 0 Å². The average molecular weight is 379 g/mol. The van der Waals surface area contributed by atoms with Crippen molar-refractivity contribution in [3.63, 3.8) is 0 Å². The van der Waals surface area contributed by atoms with Gasteiger partial charge in [-0.2, -0.15) is 0 Å². The molecule has 0 radical (unpaired) electrons. The second-order valence-electron chi connectivity index (χ2n) is 5.69. The third kappa shape index (κ3) is 3.80. The lowest BCUT2D eigenvalue weighted by atomic mass is 10.2. The summed E-state index contributed by atoms with van der Waals surface area (Å²) in [7, 11) is -3.37. The Morgan fingerprint density at radius 2 is 2.08 bits per heavy atom. The molecule has 1 saturated heterocycles. The number of amides is 2. The molecule has 3 N–H and O–H groups in total. The molecule has 3 rings (SSSR count). The number of carbonyl (C=O) groups excluding carboxylic acids is 2. The average Bonchev–Trinajstić information content (AvgIpc) is 3.24. The molecule has 0 bridgehead atoms. The lowest BCUT2D eigenvalue weighted by Crippen LogP contribution is -2.32. The topological polar surface area (TPSA) is 129 Å². The number of carbonyl (C=O) groups is 2. The van der Waals surface area contributed by atoms with Crippen molar-refractivity contribution in [3.05, 3.63) is 42.4 Å². The zero-order valence-electron chi connectivity index (χ0n) is 13.6. The molecule has 138 valence electrons. The van der Waals surface area contributed by atoms with Crippen LogP contribution in [0.15, 0.2) is 41.2 Å². The van der Waals surface area contributed by atoms with E-state index in [2.05, 4.69) is 10.6 Å². The number of furan rings is 1. The molecule has 9 nitrogen and oxygen atoms in total. The van der Waals surface area contributed by atoms with Gasteiger partial charge in [0.05, 0.1) is 35.5 Å². The molecule has 2 amide bonds. The first-order chi connectivity index (χ1) is 12.4. The molecule has 2 aromatic rings. The van der Waals surface area contributed by atoms with Gasteiger partial charge in [0, 0.05) is 6.54 Å². The quantitative estimate of drug-likeness (QED) is 0.662. The third-order valence-corrected chi connectivity index (χ3v) is 5.70. The van der Waals surface area contributed by atoms with E-state index in [0.717, 1.165) is 0 Å². The standard InChI is InChI=1S/C16H17N3O6S/c20-14-3-2-12(19-5-1-7-26(19,23)24)8-13(14)18-15(21)9-17-16(22)11-4-6-25-10-11/h2-4,6,8,10,20H,1,5,7,9H2,(H,17,22)(H,18,21). The summed E-state index contributed by atoms with van der Waals surface area (Å²) in [6.45, 7) is 0.0247. The fraction of sp³-hybridized carbons (Fsp3) is 0.250. The Kier molecular flexibility index (Phi) is 4.85. The molecule has 10 heteroatoms. The molecule has 0 atom stereocenters. The van der Waals surface area contributed by atoms with Crippen LogP contribution in [0.4, 0.5) is 11.4 Å². The number of hydrogen-bond donors (Lipinski definition) is 3. The second-order valence-corrected chi connectivity index (χ2v) is 7.70. The van der Waals surface area contributed by atoms with Crippen LogP contribution in [0.3, 0.4) is 0 Å². The first kappa shape index (κ1) is 17.8. The Labute approximate surface area is 149 Å². The molecule has 1 aromatic carbocycles. The van der Waals surface area contributed by atoms with E-state index in [1.54, 1.807) is 0 Å². The maximum Gasteiger partial charge on any atom is 0.254 e. The van der Waals surface area contributed by atoms with E-state index >= 15 is 0 Å². The van der Waals surface area contributed by atoms with Gasteiger partial charge >= 0.3 is 0 Å². The van der Waals surface area contributed by atoms with E-state index in [4.69, 9.17) is 4.42 Å². The summed E-state index contributed by atoms with van der Waals surface area (Å²) in [4.78, 5) is 23.8. The van der Waals surface area contributed by atoms with Crippen LogP contribution in [0, 0.1) is 0 Å². The number of phenolic OH excluding ortho intramolecular Hbond substituents is 1. The summed E-state index contributed by atoms with van der Waals surface area (Å²) < 4.78 is 30.0. The van der Waals surface area contributed by atoms with Crippen LogP contribution in [-0.4, -0.2) is 44.2 Å². The smallest absolute Gasteiger partial charge is 0.254 e. The highest BCUT2D eigenvalue weighted by molar-refractivity contribution is 7.93. The monoisotopic (exact) mass is 379 g/mol. The maximum absolute atomic E-state index is 12.0. The van der Waals surface area contributed by atoms with Crippen molar-refractivity contribution in [3.8, 4) is 5.75 Å². The molecule has 0 aliphatic carbocycles. The summed E-state index contributed by atoms with van der Waals surface area (Å²) in [6.07, 6.45) is 3.11. The number of nitrogens with zero attached hydrogens (tertiary/aromatic N) is 1. The highest BCUT2D eigenvalue weighted by atomic mass is 32.2. The zero-order chi connectivity index (χ0) is 18.7. The van der Waals surface area contributed by atoms with Crippen LogP contribution in [0.25, 0.3) is 0 Å². The molecule has 1 fully saturated rings. The van der Waals surface area contributed by atoms with Crippen molar-refractivity contribution >= 4 is 33.2 Å². The first-order valence-electron chi connectivity index (χ1n) is 7.80. The summed E-state index contributed by atoms with van der Waals surface area (Å²) in [6, 6.07) is 5.62. The highest BCUT2D eigenvalue weighted by Crippen LogP contribution is 2.31. The predicted molar refractivity (Wildman–Crippen MR) is 93.5 cm³/mol. The normalized spacial score (nSPS) is 15.6. The molecule has 1 aliphatic heterocycles. The van der Waals surface area contributed by atoms with Gasteiger partial charge in [0.25, 0.3) is 5.91 Å². The highest BCUT2D eigenvalue weighted by Gasteiger charge is 2.28. The molecule has 26 heavy (non-hydrogen) atoms. The second kappa shape index (κ2) is 7.08. The van der Waals surface area contributed by atoms with E-state index in [-0.39, 0.29) is 29.3 Å². The van der Waals surface area contributed by atoms with Crippen LogP contribution < -0.4 is 14.9 Å². The van der Waals surface area contributed by atoms with Gasteiger partial charge in [-0.25, -0.2) is 8.42 Å². The molecule has 2 heterocycles. The number of nitrogens with one attached hydrogen (secondary N) is 2. The van der Waals surface area contributed by atoms with Crippen LogP contribution in [-0.2, 0) is 14.8 Å². The van der Waals surface area contributed by atoms with Crippen molar-refractivity contribution in [1.82, 2.24) is 5.32 Å². The number of hydrogen-bond acceptors (Lipinski definition) is 6.